The third-order valence-corrected chi connectivity index (χ3v) is 11.5. The van der Waals surface area contributed by atoms with E-state index in [1.807, 2.05) is 18.2 Å². The number of benzene rings is 1. The second-order valence-corrected chi connectivity index (χ2v) is 15.5. The first-order chi connectivity index (χ1) is 13.9. The van der Waals surface area contributed by atoms with Gasteiger partial charge in [0.1, 0.15) is 0 Å². The van der Waals surface area contributed by atoms with Gasteiger partial charge in [-0.2, -0.15) is 0 Å². The van der Waals surface area contributed by atoms with Crippen LogP contribution < -0.4 is 0 Å². The molecule has 170 valence electrons. The minimum absolute atomic E-state index is 0.116. The van der Waals surface area contributed by atoms with Gasteiger partial charge in [0.05, 0.1) is 24.4 Å². The zero-order valence-corrected chi connectivity index (χ0v) is 21.2. The molecule has 0 spiro atoms. The summed E-state index contributed by atoms with van der Waals surface area (Å²) < 4.78 is 18.6. The van der Waals surface area contributed by atoms with Crippen molar-refractivity contribution < 1.29 is 18.7 Å². The van der Waals surface area contributed by atoms with Gasteiger partial charge >= 0.3 is 5.97 Å². The van der Waals surface area contributed by atoms with Gasteiger partial charge in [0.15, 0.2) is 8.32 Å². The van der Waals surface area contributed by atoms with Crippen molar-refractivity contribution in [1.82, 2.24) is 0 Å². The van der Waals surface area contributed by atoms with E-state index in [4.69, 9.17) is 13.9 Å². The Morgan fingerprint density at radius 2 is 1.73 bits per heavy atom. The Hall–Kier alpha value is -1.17. The van der Waals surface area contributed by atoms with E-state index in [-0.39, 0.29) is 29.1 Å². The molecule has 0 saturated carbocycles. The highest BCUT2D eigenvalue weighted by molar-refractivity contribution is 6.74. The number of rotatable bonds is 8. The van der Waals surface area contributed by atoms with Crippen molar-refractivity contribution in [2.45, 2.75) is 84.7 Å². The molecule has 0 aromatic heterocycles. The molecule has 1 aromatic carbocycles. The summed E-state index contributed by atoms with van der Waals surface area (Å²) in [5.41, 5.74) is 0.595. The molecule has 1 aromatic rings. The largest absolute Gasteiger partial charge is 0.462 e. The predicted molar refractivity (Wildman–Crippen MR) is 125 cm³/mol. The summed E-state index contributed by atoms with van der Waals surface area (Å²) in [6.07, 6.45) is 2.44. The van der Waals surface area contributed by atoms with Crippen LogP contribution in [0.25, 0.3) is 0 Å². The summed E-state index contributed by atoms with van der Waals surface area (Å²) in [5, 5.41) is 0.214. The van der Waals surface area contributed by atoms with Crippen molar-refractivity contribution in [3.05, 3.63) is 35.9 Å². The maximum absolute atomic E-state index is 12.2. The maximum Gasteiger partial charge on any atom is 0.338 e. The van der Waals surface area contributed by atoms with Crippen molar-refractivity contribution in [1.29, 1.82) is 0 Å². The molecule has 5 atom stereocenters. The quantitative estimate of drug-likeness (QED) is 0.355. The minimum Gasteiger partial charge on any atom is -0.462 e. The fourth-order valence-corrected chi connectivity index (χ4v) is 4.84. The smallest absolute Gasteiger partial charge is 0.338 e. The fraction of sp³-hybridized carbons (Fsp3) is 0.720. The van der Waals surface area contributed by atoms with E-state index in [0.29, 0.717) is 24.0 Å². The third-order valence-electron chi connectivity index (χ3n) is 6.99. The van der Waals surface area contributed by atoms with Crippen LogP contribution in [-0.4, -0.2) is 39.7 Å². The van der Waals surface area contributed by atoms with E-state index in [9.17, 15) is 4.79 Å². The van der Waals surface area contributed by atoms with Crippen LogP contribution in [0.5, 0.6) is 0 Å². The first kappa shape index (κ1) is 25.1. The van der Waals surface area contributed by atoms with Gasteiger partial charge in [0, 0.05) is 18.4 Å². The second kappa shape index (κ2) is 10.4. The lowest BCUT2D eigenvalue weighted by molar-refractivity contribution is -0.132. The molecule has 0 unspecified atom stereocenters. The molecule has 1 saturated heterocycles. The minimum atomic E-state index is -1.76. The van der Waals surface area contributed by atoms with Crippen LogP contribution in [-0.2, 0) is 13.9 Å². The molecule has 2 rings (SSSR count). The number of carbonyl (C=O) groups excluding carboxylic acids is 1. The Labute approximate surface area is 184 Å². The predicted octanol–water partition coefficient (Wildman–Crippen LogP) is 6.32. The average molecular weight is 435 g/mol. The monoisotopic (exact) mass is 434 g/mol. The van der Waals surface area contributed by atoms with E-state index in [0.717, 1.165) is 19.4 Å². The molecular formula is C25H42O4Si. The molecule has 0 aliphatic carbocycles. The van der Waals surface area contributed by atoms with Gasteiger partial charge < -0.3 is 13.9 Å². The van der Waals surface area contributed by atoms with Crippen molar-refractivity contribution >= 4 is 14.3 Å². The van der Waals surface area contributed by atoms with Crippen LogP contribution in [0.3, 0.4) is 0 Å². The van der Waals surface area contributed by atoms with E-state index in [1.54, 1.807) is 12.1 Å². The van der Waals surface area contributed by atoms with Crippen LogP contribution in [0.15, 0.2) is 30.3 Å². The number of esters is 1. The van der Waals surface area contributed by atoms with E-state index >= 15 is 0 Å². The van der Waals surface area contributed by atoms with Gasteiger partial charge in [0.25, 0.3) is 0 Å². The first-order valence-electron chi connectivity index (χ1n) is 11.4. The topological polar surface area (TPSA) is 44.8 Å². The van der Waals surface area contributed by atoms with Crippen molar-refractivity contribution in [3.63, 3.8) is 0 Å². The highest BCUT2D eigenvalue weighted by Crippen LogP contribution is 2.38. The molecule has 1 aliphatic rings. The lowest BCUT2D eigenvalue weighted by atomic mass is 9.84. The molecule has 0 bridgehead atoms. The Morgan fingerprint density at radius 3 is 2.33 bits per heavy atom. The zero-order valence-electron chi connectivity index (χ0n) is 20.2. The van der Waals surface area contributed by atoms with Crippen LogP contribution in [0, 0.1) is 17.8 Å². The lowest BCUT2D eigenvalue weighted by Gasteiger charge is -2.42. The number of hydrogen-bond donors (Lipinski definition) is 0. The lowest BCUT2D eigenvalue weighted by Crippen LogP contribution is -2.46. The van der Waals surface area contributed by atoms with E-state index in [2.05, 4.69) is 54.6 Å². The van der Waals surface area contributed by atoms with Gasteiger partial charge in [-0.3, -0.25) is 0 Å². The molecule has 1 aliphatic heterocycles. The standard InChI is InChI=1S/C25H42O4Si/c1-18-14-15-22(19(2)16-27-24(26)21-12-10-9-11-13-21)29-23(18)20(3)17-28-30(7,8)25(4,5)6/h9-13,18-20,22-23H,14-17H2,1-8H3/t18-,19+,20-,22-,23-/m0/s1. The van der Waals surface area contributed by atoms with Crippen molar-refractivity contribution in [2.24, 2.45) is 17.8 Å². The van der Waals surface area contributed by atoms with E-state index < -0.39 is 8.32 Å². The Morgan fingerprint density at radius 1 is 1.10 bits per heavy atom. The Kier molecular flexibility index (Phi) is 8.72. The highest BCUT2D eigenvalue weighted by atomic mass is 28.4. The van der Waals surface area contributed by atoms with Crippen molar-refractivity contribution in [3.8, 4) is 0 Å². The summed E-state index contributed by atoms with van der Waals surface area (Å²) in [6, 6.07) is 9.16. The van der Waals surface area contributed by atoms with Crippen LogP contribution in [0.4, 0.5) is 0 Å². The van der Waals surface area contributed by atoms with Crippen LogP contribution in [0.2, 0.25) is 18.1 Å². The molecule has 0 radical (unpaired) electrons. The molecular weight excluding hydrogens is 392 g/mol. The fourth-order valence-electron chi connectivity index (χ4n) is 3.73. The third kappa shape index (κ3) is 6.66. The van der Waals surface area contributed by atoms with Gasteiger partial charge in [-0.1, -0.05) is 59.7 Å². The van der Waals surface area contributed by atoms with Crippen molar-refractivity contribution in [2.75, 3.05) is 13.2 Å². The maximum atomic E-state index is 12.2. The molecule has 0 N–H and O–H groups in total. The van der Waals surface area contributed by atoms with Crippen LogP contribution in [0.1, 0.15) is 64.7 Å². The van der Waals surface area contributed by atoms with Gasteiger partial charge in [-0.25, -0.2) is 4.79 Å². The summed E-state index contributed by atoms with van der Waals surface area (Å²) in [4.78, 5) is 12.2. The normalized spacial score (nSPS) is 24.9. The SMILES string of the molecule is C[C@H](COC(=O)c1ccccc1)[C@@H]1CC[C@H](C)[C@@H]([C@@H](C)CO[Si](C)(C)C(C)(C)C)O1. The molecule has 4 nitrogen and oxygen atoms in total. The second-order valence-electron chi connectivity index (χ2n) is 10.7. The average Bonchev–Trinajstić information content (AvgIpc) is 2.70. The van der Waals surface area contributed by atoms with Gasteiger partial charge in [-0.05, 0) is 49.0 Å². The Bertz CT molecular complexity index is 667. The molecule has 1 fully saturated rings. The number of hydrogen-bond acceptors (Lipinski definition) is 4. The Balaban J connectivity index is 1.88. The summed E-state index contributed by atoms with van der Waals surface area (Å²) in [7, 11) is -1.76. The summed E-state index contributed by atoms with van der Waals surface area (Å²) >= 11 is 0. The molecule has 1 heterocycles. The summed E-state index contributed by atoms with van der Waals surface area (Å²) in [5.74, 6) is 0.759. The number of carbonyl (C=O) groups is 1. The van der Waals surface area contributed by atoms with Gasteiger partial charge in [-0.15, -0.1) is 0 Å². The van der Waals surface area contributed by atoms with Crippen LogP contribution >= 0.6 is 0 Å². The van der Waals surface area contributed by atoms with E-state index in [1.165, 1.54) is 0 Å². The molecule has 0 amide bonds. The van der Waals surface area contributed by atoms with Gasteiger partial charge in [0.2, 0.25) is 0 Å². The molecule has 30 heavy (non-hydrogen) atoms. The first-order valence-corrected chi connectivity index (χ1v) is 14.3. The zero-order chi connectivity index (χ0) is 22.5. The number of ether oxygens (including phenoxy) is 2. The summed E-state index contributed by atoms with van der Waals surface area (Å²) in [6.45, 7) is 19.2. The molecule has 5 heteroatoms. The highest BCUT2D eigenvalue weighted by Gasteiger charge is 2.39.